The van der Waals surface area contributed by atoms with Crippen molar-refractivity contribution in [2.75, 3.05) is 0 Å². The van der Waals surface area contributed by atoms with Crippen LogP contribution in [0.3, 0.4) is 0 Å². The number of benzene rings is 7. The normalized spacial score (nSPS) is 12.2. The average molecular weight is 1730 g/mol. The van der Waals surface area contributed by atoms with Crippen LogP contribution in [0.4, 0.5) is 0 Å². The third-order valence-corrected chi connectivity index (χ3v) is 14.1. The number of hydrogen-bond donors (Lipinski definition) is 4. The van der Waals surface area contributed by atoms with E-state index in [1.165, 1.54) is 16.7 Å². The fraction of sp³-hybridized carbons (Fsp3) is 0.307. The molecule has 0 amide bonds. The summed E-state index contributed by atoms with van der Waals surface area (Å²) < 4.78 is 2.17. The summed E-state index contributed by atoms with van der Waals surface area (Å²) in [5.74, 6) is 1.66. The van der Waals surface area contributed by atoms with Crippen LogP contribution in [0.25, 0.3) is 73.5 Å². The van der Waals surface area contributed by atoms with Crippen LogP contribution in [0.2, 0.25) is 0 Å². The van der Waals surface area contributed by atoms with Crippen LogP contribution in [0.5, 0.6) is 0 Å². The van der Waals surface area contributed by atoms with Gasteiger partial charge in [0, 0.05) is 107 Å². The molecule has 14 heteroatoms. The topological polar surface area (TPSA) is 163 Å². The second kappa shape index (κ2) is 36.5. The summed E-state index contributed by atoms with van der Waals surface area (Å²) in [4.78, 5) is 18.2. The van der Waals surface area contributed by atoms with Gasteiger partial charge in [-0.25, -0.2) is 4.98 Å². The molecule has 0 aliphatic rings. The zero-order valence-electron chi connectivity index (χ0n) is 53.6. The van der Waals surface area contributed by atoms with Crippen molar-refractivity contribution in [1.29, 1.82) is 0 Å². The first-order chi connectivity index (χ1) is 40.8. The van der Waals surface area contributed by atoms with Gasteiger partial charge in [0.25, 0.3) is 0 Å². The Morgan fingerprint density at radius 1 is 0.449 bits per heavy atom. The monoisotopic (exact) mass is 1730 g/mol. The Morgan fingerprint density at radius 2 is 0.910 bits per heavy atom. The van der Waals surface area contributed by atoms with E-state index >= 15 is 0 Å². The van der Waals surface area contributed by atoms with Crippen molar-refractivity contribution in [3.05, 3.63) is 235 Å². The van der Waals surface area contributed by atoms with Gasteiger partial charge in [-0.2, -0.15) is 5.10 Å². The minimum absolute atomic E-state index is 0. The minimum atomic E-state index is -0.443. The maximum Gasteiger partial charge on any atom is 0.159 e. The van der Waals surface area contributed by atoms with Crippen LogP contribution in [-0.4, -0.2) is 79.5 Å². The molecule has 0 saturated carbocycles. The molecule has 7 aromatic carbocycles. The molecule has 0 aliphatic carbocycles. The van der Waals surface area contributed by atoms with Gasteiger partial charge in [-0.3, -0.25) is 9.97 Å². The first-order valence-corrected chi connectivity index (χ1v) is 29.3. The first-order valence-electron chi connectivity index (χ1n) is 29.3. The van der Waals surface area contributed by atoms with E-state index in [1.54, 1.807) is 20.2 Å². The molecule has 0 bridgehead atoms. The number of aliphatic hydroxyl groups excluding tert-OH is 4. The van der Waals surface area contributed by atoms with Crippen molar-refractivity contribution in [2.24, 2.45) is 10.8 Å². The molecule has 0 fully saturated rings. The molecule has 3 heterocycles. The molecule has 475 valence electrons. The first kappa shape index (κ1) is 76.9. The van der Waals surface area contributed by atoms with Crippen LogP contribution < -0.4 is 0 Å². The zero-order valence-corrected chi connectivity index (χ0v) is 60.8. The van der Waals surface area contributed by atoms with E-state index in [2.05, 4.69) is 127 Å². The Morgan fingerprint density at radius 3 is 1.38 bits per heavy atom. The molecule has 3 radical (unpaired) electrons. The van der Waals surface area contributed by atoms with Gasteiger partial charge in [0.2, 0.25) is 0 Å². The summed E-state index contributed by atoms with van der Waals surface area (Å²) in [5.41, 5.74) is 15.1. The van der Waals surface area contributed by atoms with E-state index in [0.717, 1.165) is 79.2 Å². The number of aliphatic hydroxyl groups is 4. The molecule has 0 saturated heterocycles. The fourth-order valence-electron chi connectivity index (χ4n) is 8.91. The molecule has 11 nitrogen and oxygen atoms in total. The minimum Gasteiger partial charge on any atom is -0.393 e. The zero-order chi connectivity index (χ0) is 62.6. The molecule has 4 atom stereocenters. The third-order valence-electron chi connectivity index (χ3n) is 14.1. The van der Waals surface area contributed by atoms with Crippen molar-refractivity contribution < 1.29 is 80.7 Å². The van der Waals surface area contributed by atoms with Crippen molar-refractivity contribution in [3.8, 4) is 73.5 Å². The molecule has 89 heavy (non-hydrogen) atoms. The fourth-order valence-corrected chi connectivity index (χ4v) is 8.91. The van der Waals surface area contributed by atoms with Gasteiger partial charge >= 0.3 is 0 Å². The number of hydrogen-bond acceptors (Lipinski definition) is 10. The SMILES string of the molecule is CC(C)(C)C(O)CC(O)C(C)(C)C.CC(C)(C)c1cc(-c2[c-]cccc2)ncn1.CC(O)CC(C)O.Cc1ccccc1-c1nnc(-c2[c-]cccc2)n1-c1c(C)cccc1C.[Ir].[Ir].[Ir].[c-]1ccccc1-c1ncc(-c2ccccc2)nc1-c1ccccc1. The van der Waals surface area contributed by atoms with E-state index in [-0.39, 0.29) is 88.8 Å². The summed E-state index contributed by atoms with van der Waals surface area (Å²) in [7, 11) is 0. The van der Waals surface area contributed by atoms with Crippen molar-refractivity contribution in [3.63, 3.8) is 0 Å². The Hall–Kier alpha value is -6.37. The standard InChI is InChI=1S/C23H20N3.C22H15N2.C14H15N2.C11H24O2.C5H12O2.3Ir/c1-16-10-7-8-15-20(16)23-25-24-22(19-13-5-4-6-14-19)26(23)21-17(2)11-9-12-18(21)3;1-4-10-17(11-5-1)20-16-23-21(18-12-6-2-7-13-18)22(24-20)19-14-8-3-9-15-19;1-14(2,3)13-9-12(15-10-16-13)11-7-5-4-6-8-11;1-10(2,3)8(12)7-9(13)11(4,5)6;1-4(6)3-5(2)7;;;/h4-13,15H,1-3H3;1-12,14-16H;4-7,9-10H,1-3H3;8-9,12-13H,7H2,1-6H3;4-7H,3H2,1-2H3;;;/q3*-1;;;;;. The van der Waals surface area contributed by atoms with E-state index in [4.69, 9.17) is 20.2 Å². The molecule has 10 aromatic rings. The van der Waals surface area contributed by atoms with Gasteiger partial charge in [0.15, 0.2) is 5.82 Å². The van der Waals surface area contributed by atoms with Crippen molar-refractivity contribution >= 4 is 0 Å². The van der Waals surface area contributed by atoms with E-state index in [1.807, 2.05) is 187 Å². The Kier molecular flexibility index (Phi) is 31.5. The number of aryl methyl sites for hydroxylation is 3. The summed E-state index contributed by atoms with van der Waals surface area (Å²) >= 11 is 0. The van der Waals surface area contributed by atoms with Crippen LogP contribution in [-0.2, 0) is 65.7 Å². The number of aromatic nitrogens is 7. The van der Waals surface area contributed by atoms with Crippen LogP contribution in [0, 0.1) is 49.8 Å². The largest absolute Gasteiger partial charge is 0.393 e. The maximum atomic E-state index is 9.76. The van der Waals surface area contributed by atoms with Crippen LogP contribution in [0.1, 0.15) is 111 Å². The third kappa shape index (κ3) is 23.4. The van der Waals surface area contributed by atoms with Crippen LogP contribution >= 0.6 is 0 Å². The summed E-state index contributed by atoms with van der Waals surface area (Å²) in [5, 5.41) is 45.8. The molecule has 10 rings (SSSR count). The number of rotatable bonds is 11. The molecule has 3 aromatic heterocycles. The number of para-hydroxylation sites is 1. The molecular formula is C75H86Ir3N7O4-3. The molecule has 0 aliphatic heterocycles. The maximum absolute atomic E-state index is 9.76. The predicted molar refractivity (Wildman–Crippen MR) is 351 cm³/mol. The molecule has 4 unspecified atom stereocenters. The Labute approximate surface area is 570 Å². The summed E-state index contributed by atoms with van der Waals surface area (Å²) in [6, 6.07) is 70.3. The van der Waals surface area contributed by atoms with E-state index in [9.17, 15) is 10.2 Å². The quantitative estimate of drug-likeness (QED) is 0.0917. The van der Waals surface area contributed by atoms with Crippen LogP contribution in [0.15, 0.2) is 195 Å². The number of nitrogens with zero attached hydrogens (tertiary/aromatic N) is 7. The smallest absolute Gasteiger partial charge is 0.159 e. The molecule has 0 spiro atoms. The van der Waals surface area contributed by atoms with Gasteiger partial charge in [0.05, 0.1) is 41.6 Å². The van der Waals surface area contributed by atoms with Gasteiger partial charge in [0.1, 0.15) is 6.33 Å². The average Bonchev–Trinajstić information content (AvgIpc) is 3.20. The van der Waals surface area contributed by atoms with E-state index in [0.29, 0.717) is 12.8 Å². The van der Waals surface area contributed by atoms with Gasteiger partial charge in [-0.1, -0.05) is 172 Å². The summed E-state index contributed by atoms with van der Waals surface area (Å²) in [6.07, 6.45) is 2.74. The van der Waals surface area contributed by atoms with Gasteiger partial charge < -0.3 is 30.0 Å². The van der Waals surface area contributed by atoms with E-state index < -0.39 is 12.2 Å². The Balaban J connectivity index is 0.000000305. The summed E-state index contributed by atoms with van der Waals surface area (Å²) in [6.45, 7) is 28.0. The van der Waals surface area contributed by atoms with Crippen molar-refractivity contribution in [2.45, 2.75) is 140 Å². The van der Waals surface area contributed by atoms with Gasteiger partial charge in [-0.15, -0.1) is 113 Å². The Bertz CT molecular complexity index is 3580. The van der Waals surface area contributed by atoms with Gasteiger partial charge in [-0.05, 0) is 79.8 Å². The van der Waals surface area contributed by atoms with Crippen molar-refractivity contribution in [1.82, 2.24) is 34.7 Å². The molecule has 4 N–H and O–H groups in total. The second-order valence-electron chi connectivity index (χ2n) is 24.7. The predicted octanol–water partition coefficient (Wildman–Crippen LogP) is 16.2. The molecular weight excluding hydrogens is 1640 g/mol. The second-order valence-corrected chi connectivity index (χ2v) is 24.7.